The molecule has 0 aromatic carbocycles. The molecule has 238 valence electrons. The third-order valence-corrected chi connectivity index (χ3v) is 5.36. The van der Waals surface area contributed by atoms with E-state index >= 15 is 0 Å². The van der Waals surface area contributed by atoms with Crippen molar-refractivity contribution in [2.24, 2.45) is 0 Å². The van der Waals surface area contributed by atoms with Crippen LogP contribution in [0.4, 0.5) is 92.2 Å². The average molecular weight is 666 g/mol. The molecule has 0 aromatic rings. The summed E-state index contributed by atoms with van der Waals surface area (Å²) in [6, 6.07) is 0. The van der Waals surface area contributed by atoms with E-state index in [1.165, 1.54) is 0 Å². The van der Waals surface area contributed by atoms with E-state index in [1.54, 1.807) is 0 Å². The Morgan fingerprint density at radius 2 is 0.725 bits per heavy atom. The Morgan fingerprint density at radius 1 is 0.450 bits per heavy atom. The molecule has 0 unspecified atom stereocenters. The molecule has 0 rings (SSSR count). The number of aliphatic hydroxyl groups is 1. The van der Waals surface area contributed by atoms with Crippen molar-refractivity contribution in [1.82, 2.24) is 0 Å². The van der Waals surface area contributed by atoms with Crippen LogP contribution < -0.4 is 0 Å². The van der Waals surface area contributed by atoms with Crippen LogP contribution in [0, 0.1) is 0 Å². The number of halogens is 21. The number of carbonyl (C=O) groups is 2. The minimum absolute atomic E-state index is 0.776. The molecule has 0 radical (unpaired) electrons. The second-order valence-electron chi connectivity index (χ2n) is 7.30. The van der Waals surface area contributed by atoms with Crippen molar-refractivity contribution in [1.29, 1.82) is 0 Å². The molecule has 25 heteroatoms. The first-order chi connectivity index (χ1) is 17.1. The predicted molar refractivity (Wildman–Crippen MR) is 84.5 cm³/mol. The Hall–Kier alpha value is -1.82. The summed E-state index contributed by atoms with van der Waals surface area (Å²) in [6.45, 7) is -1.53. The molecule has 0 bridgehead atoms. The normalized spacial score (nSPS) is 15.8. The van der Waals surface area contributed by atoms with Crippen LogP contribution in [0.15, 0.2) is 0 Å². The van der Waals surface area contributed by atoms with Crippen molar-refractivity contribution in [2.75, 3.05) is 6.61 Å². The molecule has 0 fully saturated rings. The van der Waals surface area contributed by atoms with Crippen molar-refractivity contribution in [2.45, 2.75) is 72.3 Å². The number of rotatable bonds is 12. The predicted octanol–water partition coefficient (Wildman–Crippen LogP) is 6.83. The van der Waals surface area contributed by atoms with Gasteiger partial charge in [-0.15, -0.1) is 0 Å². The molecule has 0 atom stereocenters. The molecular formula is C15H7F21O3S. The molecule has 1 N–H and O–H groups in total. The lowest BCUT2D eigenvalue weighted by Gasteiger charge is -2.44. The zero-order chi connectivity index (χ0) is 33.0. The van der Waals surface area contributed by atoms with Gasteiger partial charge in [0.2, 0.25) is 5.12 Å². The Kier molecular flexibility index (Phi) is 9.99. The lowest BCUT2D eigenvalue weighted by atomic mass is 9.85. The fourth-order valence-electron chi connectivity index (χ4n) is 2.22. The topological polar surface area (TPSA) is 54.4 Å². The summed E-state index contributed by atoms with van der Waals surface area (Å²) >= 11 is -0.776. The van der Waals surface area contributed by atoms with Gasteiger partial charge in [-0.2, -0.15) is 92.2 Å². The smallest absolute Gasteiger partial charge is 0.388 e. The van der Waals surface area contributed by atoms with E-state index in [1.807, 2.05) is 0 Å². The van der Waals surface area contributed by atoms with Crippen molar-refractivity contribution in [3.05, 3.63) is 0 Å². The van der Waals surface area contributed by atoms with Crippen LogP contribution in [0.2, 0.25) is 0 Å². The molecule has 0 aromatic heterocycles. The lowest BCUT2D eigenvalue weighted by Crippen LogP contribution is -2.76. The largest absolute Gasteiger partial charge is 0.460 e. The van der Waals surface area contributed by atoms with Gasteiger partial charge >= 0.3 is 59.5 Å². The van der Waals surface area contributed by atoms with Gasteiger partial charge in [-0.3, -0.25) is 9.59 Å². The van der Waals surface area contributed by atoms with Crippen LogP contribution in [0.3, 0.4) is 0 Å². The van der Waals surface area contributed by atoms with Gasteiger partial charge in [0.1, 0.15) is 6.61 Å². The maximum Gasteiger partial charge on any atom is 0.460 e. The Bertz CT molecular complexity index is 953. The van der Waals surface area contributed by atoms with Crippen LogP contribution in [-0.4, -0.2) is 81.4 Å². The molecule has 3 nitrogen and oxygen atoms in total. The van der Waals surface area contributed by atoms with Gasteiger partial charge in [0.15, 0.2) is 5.12 Å². The minimum atomic E-state index is -9.26. The van der Waals surface area contributed by atoms with E-state index in [0.29, 0.717) is 0 Å². The fraction of sp³-hybridized carbons (Fsp3) is 0.867. The monoisotopic (exact) mass is 666 g/mol. The number of aliphatic hydroxyl groups excluding tert-OH is 1. The van der Waals surface area contributed by atoms with Gasteiger partial charge < -0.3 is 5.11 Å². The summed E-state index contributed by atoms with van der Waals surface area (Å²) < 4.78 is 277. The Balaban J connectivity index is 6.76. The summed E-state index contributed by atoms with van der Waals surface area (Å²) in [4.78, 5) is 21.7. The first kappa shape index (κ1) is 38.2. The van der Waals surface area contributed by atoms with Gasteiger partial charge in [0, 0.05) is 12.8 Å². The second kappa shape index (κ2) is 10.5. The van der Waals surface area contributed by atoms with Crippen LogP contribution >= 0.6 is 11.8 Å². The third-order valence-electron chi connectivity index (χ3n) is 4.58. The quantitative estimate of drug-likeness (QED) is 0.233. The summed E-state index contributed by atoms with van der Waals surface area (Å²) in [7, 11) is 0. The van der Waals surface area contributed by atoms with Gasteiger partial charge in [0.25, 0.3) is 0 Å². The summed E-state index contributed by atoms with van der Waals surface area (Å²) in [5.74, 6) is -78.0. The van der Waals surface area contributed by atoms with E-state index in [4.69, 9.17) is 5.11 Å². The SMILES string of the molecule is O=C(CO)SC(=O)CCC(F)(F)C(F)(F)C(F)(F)C(F)(F)C(F)(F)C(F)(F)C(F)(F)C(F)(F)C(F)(F)C(F)(F)F. The number of alkyl halides is 21. The van der Waals surface area contributed by atoms with E-state index in [2.05, 4.69) is 0 Å². The maximum absolute atomic E-state index is 13.7. The molecule has 0 heterocycles. The van der Waals surface area contributed by atoms with Gasteiger partial charge in [-0.1, -0.05) is 0 Å². The highest BCUT2D eigenvalue weighted by Gasteiger charge is 2.97. The van der Waals surface area contributed by atoms with E-state index in [9.17, 15) is 102 Å². The van der Waals surface area contributed by atoms with Crippen LogP contribution in [0.25, 0.3) is 0 Å². The minimum Gasteiger partial charge on any atom is -0.388 e. The summed E-state index contributed by atoms with van der Waals surface area (Å²) in [5, 5.41) is 4.63. The van der Waals surface area contributed by atoms with Crippen LogP contribution in [0.5, 0.6) is 0 Å². The second-order valence-corrected chi connectivity index (χ2v) is 8.42. The van der Waals surface area contributed by atoms with Crippen molar-refractivity contribution in [3.63, 3.8) is 0 Å². The highest BCUT2D eigenvalue weighted by atomic mass is 32.2. The zero-order valence-corrected chi connectivity index (χ0v) is 18.5. The average Bonchev–Trinajstić information content (AvgIpc) is 2.75. The number of hydrogen-bond donors (Lipinski definition) is 1. The van der Waals surface area contributed by atoms with E-state index in [0.717, 1.165) is 0 Å². The number of hydrogen-bond acceptors (Lipinski definition) is 4. The van der Waals surface area contributed by atoms with E-state index < -0.39 is 101 Å². The van der Waals surface area contributed by atoms with E-state index in [-0.39, 0.29) is 0 Å². The summed E-state index contributed by atoms with van der Waals surface area (Å²) in [5.41, 5.74) is 0. The number of carbonyl (C=O) groups excluding carboxylic acids is 2. The Morgan fingerprint density at radius 3 is 1.00 bits per heavy atom. The van der Waals surface area contributed by atoms with Crippen molar-refractivity contribution >= 4 is 22.0 Å². The number of thioether (sulfide) groups is 1. The molecule has 40 heavy (non-hydrogen) atoms. The molecule has 0 saturated carbocycles. The molecule has 0 aliphatic heterocycles. The highest BCUT2D eigenvalue weighted by Crippen LogP contribution is 2.66. The highest BCUT2D eigenvalue weighted by molar-refractivity contribution is 8.26. The first-order valence-electron chi connectivity index (χ1n) is 8.91. The fourth-order valence-corrected chi connectivity index (χ4v) is 2.74. The van der Waals surface area contributed by atoms with Gasteiger partial charge in [-0.25, -0.2) is 0 Å². The van der Waals surface area contributed by atoms with Crippen molar-refractivity contribution in [3.8, 4) is 0 Å². The Labute approximate surface area is 209 Å². The standard InChI is InChI=1S/C15H7F21O3S/c16-6(17,2-1-4(38)40-5(39)3-37)7(18,19)8(20,21)9(22,23)10(24,25)11(26,27)12(28,29)13(30,31)14(32,33)15(34,35)36/h37H,1-3H2. The molecule has 0 aliphatic carbocycles. The molecule has 0 saturated heterocycles. The third kappa shape index (κ3) is 5.39. The maximum atomic E-state index is 13.7. The summed E-state index contributed by atoms with van der Waals surface area (Å²) in [6.07, 6.45) is -13.4. The molecule has 0 amide bonds. The lowest BCUT2D eigenvalue weighted by molar-refractivity contribution is -0.474. The van der Waals surface area contributed by atoms with Gasteiger partial charge in [0.05, 0.1) is 0 Å². The first-order valence-corrected chi connectivity index (χ1v) is 9.73. The molecule has 0 aliphatic rings. The van der Waals surface area contributed by atoms with Crippen LogP contribution in [0.1, 0.15) is 12.8 Å². The van der Waals surface area contributed by atoms with Crippen molar-refractivity contribution < 1.29 is 107 Å². The van der Waals surface area contributed by atoms with Gasteiger partial charge in [-0.05, 0) is 11.8 Å². The van der Waals surface area contributed by atoms with Crippen LogP contribution in [-0.2, 0) is 9.59 Å². The molecular weight excluding hydrogens is 659 g/mol. The zero-order valence-electron chi connectivity index (χ0n) is 17.7. The molecule has 0 spiro atoms.